The monoisotopic (exact) mass is 311 g/mol. The Morgan fingerprint density at radius 2 is 1.70 bits per heavy atom. The molecule has 1 atom stereocenters. The molecule has 0 bridgehead atoms. The van der Waals surface area contributed by atoms with Crippen LogP contribution in [0.1, 0.15) is 22.7 Å². The molecule has 0 fully saturated rings. The third kappa shape index (κ3) is 2.59. The first-order chi connectivity index (χ1) is 11.0. The van der Waals surface area contributed by atoms with Gasteiger partial charge in [0.05, 0.1) is 6.04 Å². The molecule has 0 saturated heterocycles. The van der Waals surface area contributed by atoms with E-state index in [2.05, 4.69) is 11.4 Å². The molecular weight excluding hydrogens is 294 g/mol. The molecule has 2 aromatic carbocycles. The summed E-state index contributed by atoms with van der Waals surface area (Å²) in [5.41, 5.74) is 5.15. The minimum Gasteiger partial charge on any atom is -0.481 e. The highest BCUT2D eigenvalue weighted by atomic mass is 16.4. The highest BCUT2D eigenvalue weighted by Gasteiger charge is 2.29. The number of aliphatic carboxylic acids is 2. The summed E-state index contributed by atoms with van der Waals surface area (Å²) in [6, 6.07) is 13.8. The fraction of sp³-hybridized carbons (Fsp3) is 0.222. The van der Waals surface area contributed by atoms with Gasteiger partial charge in [-0.15, -0.1) is 0 Å². The minimum absolute atomic E-state index is 0.0235. The molecule has 118 valence electrons. The van der Waals surface area contributed by atoms with Crippen molar-refractivity contribution in [3.05, 3.63) is 59.2 Å². The molecule has 0 amide bonds. The molecule has 0 saturated carbocycles. The molecule has 3 N–H and O–H groups in total. The van der Waals surface area contributed by atoms with Gasteiger partial charge in [-0.2, -0.15) is 0 Å². The summed E-state index contributed by atoms with van der Waals surface area (Å²) in [7, 11) is 1.90. The van der Waals surface area contributed by atoms with E-state index in [0.717, 1.165) is 16.7 Å². The number of carbonyl (C=O) groups is 2. The number of carboxylic acid groups (broad SMARTS) is 2. The lowest BCUT2D eigenvalue weighted by Gasteiger charge is -2.13. The number of hydrogen-bond acceptors (Lipinski definition) is 3. The molecule has 23 heavy (non-hydrogen) atoms. The van der Waals surface area contributed by atoms with Gasteiger partial charge in [0.25, 0.3) is 0 Å². The van der Waals surface area contributed by atoms with Gasteiger partial charge in [0.2, 0.25) is 0 Å². The van der Waals surface area contributed by atoms with Crippen LogP contribution >= 0.6 is 0 Å². The molecule has 1 unspecified atom stereocenters. The van der Waals surface area contributed by atoms with E-state index in [4.69, 9.17) is 10.2 Å². The van der Waals surface area contributed by atoms with Gasteiger partial charge < -0.3 is 15.5 Å². The second-order valence-corrected chi connectivity index (χ2v) is 5.66. The fourth-order valence-corrected chi connectivity index (χ4v) is 3.20. The Morgan fingerprint density at radius 1 is 1.04 bits per heavy atom. The van der Waals surface area contributed by atoms with Crippen LogP contribution in [0, 0.1) is 5.92 Å². The maximum Gasteiger partial charge on any atom is 0.318 e. The van der Waals surface area contributed by atoms with Crippen molar-refractivity contribution >= 4 is 11.9 Å². The molecule has 0 aromatic heterocycles. The second kappa shape index (κ2) is 5.85. The zero-order valence-electron chi connectivity index (χ0n) is 12.6. The van der Waals surface area contributed by atoms with E-state index in [0.29, 0.717) is 5.56 Å². The van der Waals surface area contributed by atoms with Crippen LogP contribution in [-0.2, 0) is 16.0 Å². The standard InChI is InChI=1S/C18H17NO4/c1-19-16-12-5-3-2-4-11(12)14-8-10(6-7-13(14)16)9-15(17(20)21)18(22)23/h2-8,15-16,19H,9H2,1H3,(H,20,21)(H,22,23). The molecule has 0 heterocycles. The Labute approximate surface area is 133 Å². The number of nitrogens with one attached hydrogen (secondary N) is 1. The van der Waals surface area contributed by atoms with Crippen molar-refractivity contribution in [1.82, 2.24) is 5.32 Å². The summed E-state index contributed by atoms with van der Waals surface area (Å²) in [5, 5.41) is 21.4. The average molecular weight is 311 g/mol. The summed E-state index contributed by atoms with van der Waals surface area (Å²) in [5.74, 6) is -4.05. The zero-order valence-corrected chi connectivity index (χ0v) is 12.6. The minimum atomic E-state index is -1.43. The Balaban J connectivity index is 2.01. The van der Waals surface area contributed by atoms with Gasteiger partial charge >= 0.3 is 11.9 Å². The normalized spacial score (nSPS) is 15.3. The summed E-state index contributed by atoms with van der Waals surface area (Å²) < 4.78 is 0. The predicted molar refractivity (Wildman–Crippen MR) is 85.2 cm³/mol. The van der Waals surface area contributed by atoms with Crippen molar-refractivity contribution in [2.24, 2.45) is 5.92 Å². The first-order valence-electron chi connectivity index (χ1n) is 7.38. The van der Waals surface area contributed by atoms with E-state index in [-0.39, 0.29) is 12.5 Å². The first-order valence-corrected chi connectivity index (χ1v) is 7.38. The van der Waals surface area contributed by atoms with Crippen LogP contribution in [0.5, 0.6) is 0 Å². The topological polar surface area (TPSA) is 86.6 Å². The number of rotatable bonds is 5. The van der Waals surface area contributed by atoms with Gasteiger partial charge in [-0.1, -0.05) is 42.5 Å². The van der Waals surface area contributed by atoms with Crippen LogP contribution in [0.15, 0.2) is 42.5 Å². The van der Waals surface area contributed by atoms with Crippen molar-refractivity contribution < 1.29 is 19.8 Å². The summed E-state index contributed by atoms with van der Waals surface area (Å²) in [6.45, 7) is 0. The molecule has 2 aromatic rings. The maximum absolute atomic E-state index is 11.1. The highest BCUT2D eigenvalue weighted by Crippen LogP contribution is 2.43. The molecule has 1 aliphatic rings. The van der Waals surface area contributed by atoms with Crippen molar-refractivity contribution in [1.29, 1.82) is 0 Å². The molecular formula is C18H17NO4. The number of fused-ring (bicyclic) bond motifs is 3. The maximum atomic E-state index is 11.1. The predicted octanol–water partition coefficient (Wildman–Crippen LogP) is 2.30. The van der Waals surface area contributed by atoms with E-state index < -0.39 is 17.9 Å². The van der Waals surface area contributed by atoms with Crippen molar-refractivity contribution in [3.63, 3.8) is 0 Å². The van der Waals surface area contributed by atoms with Crippen LogP contribution in [0.3, 0.4) is 0 Å². The van der Waals surface area contributed by atoms with Crippen LogP contribution in [0.2, 0.25) is 0 Å². The van der Waals surface area contributed by atoms with Gasteiger partial charge in [-0.3, -0.25) is 9.59 Å². The van der Waals surface area contributed by atoms with Crippen molar-refractivity contribution in [2.45, 2.75) is 12.5 Å². The van der Waals surface area contributed by atoms with E-state index in [9.17, 15) is 9.59 Å². The third-order valence-corrected chi connectivity index (χ3v) is 4.32. The summed E-state index contributed by atoms with van der Waals surface area (Å²) >= 11 is 0. The van der Waals surface area contributed by atoms with Crippen LogP contribution < -0.4 is 5.32 Å². The lowest BCUT2D eigenvalue weighted by molar-refractivity contribution is -0.154. The van der Waals surface area contributed by atoms with E-state index in [1.807, 2.05) is 43.4 Å². The van der Waals surface area contributed by atoms with Crippen LogP contribution in [-0.4, -0.2) is 29.2 Å². The Bertz CT molecular complexity index is 770. The van der Waals surface area contributed by atoms with E-state index in [1.54, 1.807) is 0 Å². The first kappa shape index (κ1) is 15.2. The quantitative estimate of drug-likeness (QED) is 0.738. The van der Waals surface area contributed by atoms with Crippen molar-refractivity contribution in [2.75, 3.05) is 7.05 Å². The smallest absolute Gasteiger partial charge is 0.318 e. The Kier molecular flexibility index (Phi) is 3.88. The Morgan fingerprint density at radius 3 is 2.35 bits per heavy atom. The molecule has 5 nitrogen and oxygen atoms in total. The lowest BCUT2D eigenvalue weighted by atomic mass is 9.95. The molecule has 0 radical (unpaired) electrons. The van der Waals surface area contributed by atoms with Crippen molar-refractivity contribution in [3.8, 4) is 11.1 Å². The van der Waals surface area contributed by atoms with Gasteiger partial charge in [0.15, 0.2) is 5.92 Å². The highest BCUT2D eigenvalue weighted by molar-refractivity contribution is 5.93. The molecule has 1 aliphatic carbocycles. The van der Waals surface area contributed by atoms with Crippen LogP contribution in [0.25, 0.3) is 11.1 Å². The van der Waals surface area contributed by atoms with E-state index in [1.165, 1.54) is 5.56 Å². The second-order valence-electron chi connectivity index (χ2n) is 5.66. The SMILES string of the molecule is CNC1c2ccccc2-c2cc(CC(C(=O)O)C(=O)O)ccc21. The zero-order chi connectivity index (χ0) is 16.6. The summed E-state index contributed by atoms with van der Waals surface area (Å²) in [4.78, 5) is 22.2. The largest absolute Gasteiger partial charge is 0.481 e. The molecule has 0 spiro atoms. The number of benzene rings is 2. The average Bonchev–Trinajstić information content (AvgIpc) is 2.85. The van der Waals surface area contributed by atoms with Gasteiger partial charge in [-0.25, -0.2) is 0 Å². The van der Waals surface area contributed by atoms with Gasteiger partial charge in [-0.05, 0) is 41.3 Å². The number of carboxylic acids is 2. The molecule has 3 rings (SSSR count). The lowest BCUT2D eigenvalue weighted by Crippen LogP contribution is -2.25. The van der Waals surface area contributed by atoms with Crippen LogP contribution in [0.4, 0.5) is 0 Å². The van der Waals surface area contributed by atoms with Gasteiger partial charge in [0, 0.05) is 0 Å². The molecule has 5 heteroatoms. The third-order valence-electron chi connectivity index (χ3n) is 4.32. The van der Waals surface area contributed by atoms with E-state index >= 15 is 0 Å². The molecule has 0 aliphatic heterocycles. The fourth-order valence-electron chi connectivity index (χ4n) is 3.20. The Hall–Kier alpha value is -2.66. The summed E-state index contributed by atoms with van der Waals surface area (Å²) in [6.07, 6.45) is -0.0235. The number of hydrogen-bond donors (Lipinski definition) is 3. The van der Waals surface area contributed by atoms with Gasteiger partial charge in [0.1, 0.15) is 0 Å².